The van der Waals surface area contributed by atoms with Crippen LogP contribution in [0, 0.1) is 0 Å². The minimum atomic E-state index is 0.0956. The Balaban J connectivity index is 2.30. The van der Waals surface area contributed by atoms with Crippen molar-refractivity contribution in [2.45, 2.75) is 19.8 Å². The van der Waals surface area contributed by atoms with Crippen LogP contribution in [0.5, 0.6) is 5.75 Å². The number of hydrogen-bond acceptors (Lipinski definition) is 3. The topological polar surface area (TPSA) is 45.0 Å². The van der Waals surface area contributed by atoms with E-state index in [4.69, 9.17) is 23.2 Å². The van der Waals surface area contributed by atoms with Gasteiger partial charge in [-0.2, -0.15) is 5.11 Å². The highest BCUT2D eigenvalue weighted by Gasteiger charge is 2.05. The summed E-state index contributed by atoms with van der Waals surface area (Å²) in [6.07, 6.45) is 0. The van der Waals surface area contributed by atoms with Gasteiger partial charge in [-0.1, -0.05) is 43.1 Å². The van der Waals surface area contributed by atoms with Crippen LogP contribution in [0.1, 0.15) is 25.3 Å². The first-order chi connectivity index (χ1) is 9.47. The van der Waals surface area contributed by atoms with Crippen molar-refractivity contribution in [1.82, 2.24) is 0 Å². The highest BCUT2D eigenvalue weighted by atomic mass is 35.5. The summed E-state index contributed by atoms with van der Waals surface area (Å²) in [6, 6.07) is 10.3. The summed E-state index contributed by atoms with van der Waals surface area (Å²) in [5.74, 6) is 0.452. The Kier molecular flexibility index (Phi) is 4.63. The third-order valence-electron chi connectivity index (χ3n) is 2.84. The van der Waals surface area contributed by atoms with Crippen LogP contribution in [0.15, 0.2) is 46.6 Å². The molecular formula is C15H14Cl2N2O. The summed E-state index contributed by atoms with van der Waals surface area (Å²) < 4.78 is 0. The van der Waals surface area contributed by atoms with Crippen LogP contribution in [0.2, 0.25) is 10.0 Å². The largest absolute Gasteiger partial charge is 0.506 e. The molecule has 0 atom stereocenters. The molecule has 0 amide bonds. The number of azo groups is 1. The number of rotatable bonds is 3. The van der Waals surface area contributed by atoms with Gasteiger partial charge < -0.3 is 5.11 Å². The second-order valence-electron chi connectivity index (χ2n) is 4.70. The Bertz CT molecular complexity index is 654. The Morgan fingerprint density at radius 2 is 1.70 bits per heavy atom. The number of phenolic OH excluding ortho intramolecular Hbond substituents is 1. The number of halogens is 2. The molecule has 0 bridgehead atoms. The first-order valence-electron chi connectivity index (χ1n) is 6.17. The number of nitrogens with zero attached hydrogens (tertiary/aromatic N) is 2. The fourth-order valence-corrected chi connectivity index (χ4v) is 1.93. The number of aromatic hydroxyl groups is 1. The zero-order valence-corrected chi connectivity index (χ0v) is 12.7. The molecule has 2 aromatic carbocycles. The van der Waals surface area contributed by atoms with Gasteiger partial charge in [0.05, 0.1) is 15.7 Å². The van der Waals surface area contributed by atoms with Crippen molar-refractivity contribution < 1.29 is 5.11 Å². The molecule has 5 heteroatoms. The maximum absolute atomic E-state index is 9.79. The van der Waals surface area contributed by atoms with E-state index in [1.807, 2.05) is 12.1 Å². The maximum Gasteiger partial charge on any atom is 0.143 e. The van der Waals surface area contributed by atoms with Gasteiger partial charge in [-0.15, -0.1) is 5.11 Å². The van der Waals surface area contributed by atoms with Crippen LogP contribution < -0.4 is 0 Å². The molecule has 20 heavy (non-hydrogen) atoms. The Hall–Kier alpha value is -1.58. The minimum absolute atomic E-state index is 0.0956. The molecular weight excluding hydrogens is 295 g/mol. The lowest BCUT2D eigenvalue weighted by atomic mass is 10.0. The summed E-state index contributed by atoms with van der Waals surface area (Å²) >= 11 is 11.7. The van der Waals surface area contributed by atoms with E-state index >= 15 is 0 Å². The summed E-state index contributed by atoms with van der Waals surface area (Å²) in [7, 11) is 0. The van der Waals surface area contributed by atoms with E-state index in [-0.39, 0.29) is 5.75 Å². The average Bonchev–Trinajstić information content (AvgIpc) is 2.41. The molecule has 2 aromatic rings. The summed E-state index contributed by atoms with van der Waals surface area (Å²) in [4.78, 5) is 0. The normalized spacial score (nSPS) is 11.4. The molecule has 0 saturated carbocycles. The van der Waals surface area contributed by atoms with Gasteiger partial charge in [0.15, 0.2) is 0 Å². The molecule has 0 saturated heterocycles. The van der Waals surface area contributed by atoms with E-state index in [1.54, 1.807) is 24.3 Å². The van der Waals surface area contributed by atoms with Crippen LogP contribution in [0.3, 0.4) is 0 Å². The van der Waals surface area contributed by atoms with Gasteiger partial charge in [-0.3, -0.25) is 0 Å². The van der Waals surface area contributed by atoms with Gasteiger partial charge in [0.2, 0.25) is 0 Å². The Morgan fingerprint density at radius 3 is 2.35 bits per heavy atom. The molecule has 0 aliphatic carbocycles. The lowest BCUT2D eigenvalue weighted by Gasteiger charge is -2.06. The number of phenols is 1. The lowest BCUT2D eigenvalue weighted by molar-refractivity contribution is 0.476. The minimum Gasteiger partial charge on any atom is -0.506 e. The van der Waals surface area contributed by atoms with Gasteiger partial charge in [-0.25, -0.2) is 0 Å². The van der Waals surface area contributed by atoms with Crippen LogP contribution in [-0.2, 0) is 0 Å². The predicted octanol–water partition coefficient (Wildman–Crippen LogP) is 6.24. The third kappa shape index (κ3) is 3.50. The molecule has 0 aliphatic heterocycles. The fourth-order valence-electron chi connectivity index (χ4n) is 1.64. The maximum atomic E-state index is 9.79. The van der Waals surface area contributed by atoms with Crippen LogP contribution in [0.4, 0.5) is 11.4 Å². The van der Waals surface area contributed by atoms with Crippen molar-refractivity contribution in [3.05, 3.63) is 52.0 Å². The summed E-state index contributed by atoms with van der Waals surface area (Å²) in [5.41, 5.74) is 2.10. The smallest absolute Gasteiger partial charge is 0.143 e. The monoisotopic (exact) mass is 308 g/mol. The number of hydrogen-bond donors (Lipinski definition) is 1. The second kappa shape index (κ2) is 6.25. The van der Waals surface area contributed by atoms with Crippen molar-refractivity contribution >= 4 is 34.6 Å². The first kappa shape index (κ1) is 14.8. The molecule has 2 rings (SSSR count). The highest BCUT2D eigenvalue weighted by molar-refractivity contribution is 6.42. The van der Waals surface area contributed by atoms with Gasteiger partial charge in [-0.05, 0) is 41.8 Å². The van der Waals surface area contributed by atoms with E-state index in [0.29, 0.717) is 27.3 Å². The highest BCUT2D eigenvalue weighted by Crippen LogP contribution is 2.32. The van der Waals surface area contributed by atoms with Gasteiger partial charge in [0.1, 0.15) is 11.4 Å². The van der Waals surface area contributed by atoms with Crippen molar-refractivity contribution in [2.24, 2.45) is 10.2 Å². The quantitative estimate of drug-likeness (QED) is 0.670. The number of benzene rings is 2. The molecule has 0 fully saturated rings. The zero-order valence-electron chi connectivity index (χ0n) is 11.1. The molecule has 104 valence electrons. The molecule has 0 aliphatic rings. The van der Waals surface area contributed by atoms with E-state index < -0.39 is 0 Å². The Labute approximate surface area is 127 Å². The summed E-state index contributed by atoms with van der Waals surface area (Å²) in [5, 5.41) is 18.8. The molecule has 0 unspecified atom stereocenters. The van der Waals surface area contributed by atoms with Crippen molar-refractivity contribution in [2.75, 3.05) is 0 Å². The van der Waals surface area contributed by atoms with E-state index in [1.165, 1.54) is 0 Å². The average molecular weight is 309 g/mol. The Morgan fingerprint density at radius 1 is 0.950 bits per heavy atom. The van der Waals surface area contributed by atoms with Gasteiger partial charge >= 0.3 is 0 Å². The second-order valence-corrected chi connectivity index (χ2v) is 5.52. The molecule has 1 N–H and O–H groups in total. The van der Waals surface area contributed by atoms with Crippen LogP contribution >= 0.6 is 23.2 Å². The molecule has 3 nitrogen and oxygen atoms in total. The van der Waals surface area contributed by atoms with E-state index in [0.717, 1.165) is 5.56 Å². The van der Waals surface area contributed by atoms with Crippen LogP contribution in [0.25, 0.3) is 0 Å². The van der Waals surface area contributed by atoms with E-state index in [9.17, 15) is 5.11 Å². The predicted molar refractivity (Wildman–Crippen MR) is 82.8 cm³/mol. The van der Waals surface area contributed by atoms with Crippen LogP contribution in [-0.4, -0.2) is 5.11 Å². The van der Waals surface area contributed by atoms with Crippen molar-refractivity contribution in [3.8, 4) is 5.75 Å². The zero-order chi connectivity index (χ0) is 14.7. The molecule has 0 radical (unpaired) electrons. The lowest BCUT2D eigenvalue weighted by Crippen LogP contribution is -1.85. The van der Waals surface area contributed by atoms with E-state index in [2.05, 4.69) is 24.1 Å². The molecule has 0 aromatic heterocycles. The van der Waals surface area contributed by atoms with Crippen molar-refractivity contribution in [1.29, 1.82) is 0 Å². The van der Waals surface area contributed by atoms with Gasteiger partial charge in [0.25, 0.3) is 0 Å². The fraction of sp³-hybridized carbons (Fsp3) is 0.200. The molecule has 0 heterocycles. The first-order valence-corrected chi connectivity index (χ1v) is 6.92. The summed E-state index contributed by atoms with van der Waals surface area (Å²) in [6.45, 7) is 4.15. The third-order valence-corrected chi connectivity index (χ3v) is 3.58. The van der Waals surface area contributed by atoms with Crippen molar-refractivity contribution in [3.63, 3.8) is 0 Å². The SMILES string of the molecule is CC(C)c1ccc(O)c(N=Nc2ccc(Cl)c(Cl)c2)c1. The van der Waals surface area contributed by atoms with Gasteiger partial charge in [0, 0.05) is 0 Å². The standard InChI is InChI=1S/C15H14Cl2N2O/c1-9(2)10-3-6-15(20)14(7-10)19-18-11-4-5-12(16)13(17)8-11/h3-9,20H,1-2H3. The molecule has 0 spiro atoms.